The quantitative estimate of drug-likeness (QED) is 0.434. The molecule has 1 unspecified atom stereocenters. The highest BCUT2D eigenvalue weighted by Gasteiger charge is 2.28. The van der Waals surface area contributed by atoms with Gasteiger partial charge in [0.05, 0.1) is 16.9 Å². The topological polar surface area (TPSA) is 125 Å². The minimum Gasteiger partial charge on any atom is -0.481 e. The van der Waals surface area contributed by atoms with Gasteiger partial charge in [-0.2, -0.15) is 0 Å². The molecule has 1 atom stereocenters. The zero-order valence-electron chi connectivity index (χ0n) is 14.3. The Morgan fingerprint density at radius 3 is 2.93 bits per heavy atom. The molecule has 27 heavy (non-hydrogen) atoms. The number of aromatic amines is 1. The first-order chi connectivity index (χ1) is 12.9. The van der Waals surface area contributed by atoms with Crippen molar-refractivity contribution in [2.75, 3.05) is 5.32 Å². The number of non-ortho nitro benzene ring substituents is 1. The molecule has 0 bridgehead atoms. The molecule has 8 heteroatoms. The molecular weight excluding hydrogens is 350 g/mol. The Hall–Kier alpha value is -3.42. The molecule has 0 saturated heterocycles. The lowest BCUT2D eigenvalue weighted by Gasteiger charge is -2.20. The van der Waals surface area contributed by atoms with Crippen molar-refractivity contribution >= 4 is 34.9 Å². The number of H-pyrrole nitrogens is 1. The van der Waals surface area contributed by atoms with E-state index in [4.69, 9.17) is 5.11 Å². The monoisotopic (exact) mass is 367 g/mol. The molecule has 0 saturated carbocycles. The number of aryl methyl sites for hydroxylation is 1. The maximum atomic E-state index is 12.3. The predicted octanol–water partition coefficient (Wildman–Crippen LogP) is 3.31. The number of carboxylic acids is 1. The van der Waals surface area contributed by atoms with Crippen LogP contribution in [0.3, 0.4) is 0 Å². The van der Waals surface area contributed by atoms with Crippen molar-refractivity contribution in [2.24, 2.45) is 0 Å². The van der Waals surface area contributed by atoms with Crippen LogP contribution in [0.4, 0.5) is 11.4 Å². The van der Waals surface area contributed by atoms with Crippen molar-refractivity contribution in [3.63, 3.8) is 0 Å². The van der Waals surface area contributed by atoms with Gasteiger partial charge in [-0.3, -0.25) is 19.7 Å². The van der Waals surface area contributed by atoms with E-state index in [9.17, 15) is 19.7 Å². The maximum absolute atomic E-state index is 12.3. The summed E-state index contributed by atoms with van der Waals surface area (Å²) in [5.41, 5.74) is 3.97. The van der Waals surface area contributed by atoms with E-state index in [0.717, 1.165) is 30.5 Å². The fourth-order valence-corrected chi connectivity index (χ4v) is 3.88. The van der Waals surface area contributed by atoms with E-state index in [1.165, 1.54) is 18.2 Å². The molecule has 8 nitrogen and oxygen atoms in total. The molecule has 1 aliphatic heterocycles. The average molecular weight is 367 g/mol. The van der Waals surface area contributed by atoms with Crippen LogP contribution in [0.1, 0.15) is 47.7 Å². The summed E-state index contributed by atoms with van der Waals surface area (Å²) < 4.78 is 0. The van der Waals surface area contributed by atoms with E-state index in [1.807, 2.05) is 6.07 Å². The van der Waals surface area contributed by atoms with Crippen molar-refractivity contribution < 1.29 is 19.6 Å². The summed E-state index contributed by atoms with van der Waals surface area (Å²) in [5, 5.41) is 22.9. The number of nitrogens with one attached hydrogen (secondary N) is 2. The fraction of sp³-hybridized carbons (Fsp3) is 0.263. The highest BCUT2D eigenvalue weighted by Crippen LogP contribution is 2.38. The average Bonchev–Trinajstić information content (AvgIpc) is 3.16. The highest BCUT2D eigenvalue weighted by atomic mass is 16.6. The summed E-state index contributed by atoms with van der Waals surface area (Å²) >= 11 is 0. The molecule has 3 N–H and O–H groups in total. The van der Waals surface area contributed by atoms with Crippen molar-refractivity contribution in [1.82, 2.24) is 4.98 Å². The lowest BCUT2D eigenvalue weighted by atomic mass is 9.85. The highest BCUT2D eigenvalue weighted by molar-refractivity contribution is 6.35. The number of hydrogen-bond acceptors (Lipinski definition) is 4. The number of carbonyl (C=O) groups excluding carboxylic acids is 1. The SMILES string of the molecule is O=C(O)CC1CCCc2[nH]c(C=C3C(=O)Nc4ccc([N+](=O)[O-])cc43)cc21. The molecule has 1 amide bonds. The number of hydrogen-bond donors (Lipinski definition) is 3. The van der Waals surface area contributed by atoms with E-state index in [-0.39, 0.29) is 23.9 Å². The zero-order valence-corrected chi connectivity index (χ0v) is 14.3. The Labute approximate surface area is 154 Å². The molecule has 1 aliphatic carbocycles. The second-order valence-electron chi connectivity index (χ2n) is 6.84. The van der Waals surface area contributed by atoms with Crippen LogP contribution < -0.4 is 5.32 Å². The Morgan fingerprint density at radius 2 is 2.19 bits per heavy atom. The van der Waals surface area contributed by atoms with Crippen LogP contribution in [0, 0.1) is 10.1 Å². The Bertz CT molecular complexity index is 1000. The summed E-state index contributed by atoms with van der Waals surface area (Å²) in [6.45, 7) is 0. The first kappa shape index (κ1) is 17.0. The number of aromatic nitrogens is 1. The lowest BCUT2D eigenvalue weighted by Crippen LogP contribution is -2.12. The fourth-order valence-electron chi connectivity index (χ4n) is 3.88. The van der Waals surface area contributed by atoms with Gasteiger partial charge in [0.2, 0.25) is 0 Å². The second-order valence-corrected chi connectivity index (χ2v) is 6.84. The third-order valence-corrected chi connectivity index (χ3v) is 5.09. The van der Waals surface area contributed by atoms with Crippen LogP contribution in [0.2, 0.25) is 0 Å². The van der Waals surface area contributed by atoms with Crippen LogP contribution in [-0.2, 0) is 16.0 Å². The molecule has 1 aromatic carbocycles. The van der Waals surface area contributed by atoms with Crippen LogP contribution in [0.5, 0.6) is 0 Å². The predicted molar refractivity (Wildman–Crippen MR) is 98.3 cm³/mol. The molecule has 0 fully saturated rings. The number of rotatable bonds is 4. The van der Waals surface area contributed by atoms with Crippen LogP contribution >= 0.6 is 0 Å². The van der Waals surface area contributed by atoms with E-state index < -0.39 is 10.9 Å². The minimum absolute atomic E-state index is 0.0413. The van der Waals surface area contributed by atoms with E-state index in [2.05, 4.69) is 10.3 Å². The Balaban J connectivity index is 1.72. The largest absolute Gasteiger partial charge is 0.481 e. The van der Waals surface area contributed by atoms with Gasteiger partial charge in [0.25, 0.3) is 11.6 Å². The van der Waals surface area contributed by atoms with E-state index in [0.29, 0.717) is 22.5 Å². The molecule has 138 valence electrons. The van der Waals surface area contributed by atoms with Crippen LogP contribution in [-0.4, -0.2) is 26.9 Å². The van der Waals surface area contributed by atoms with Gasteiger partial charge in [-0.15, -0.1) is 0 Å². The number of aliphatic carboxylic acids is 1. The van der Waals surface area contributed by atoms with Crippen LogP contribution in [0.15, 0.2) is 24.3 Å². The van der Waals surface area contributed by atoms with Gasteiger partial charge in [0.15, 0.2) is 0 Å². The van der Waals surface area contributed by atoms with Crippen molar-refractivity contribution in [1.29, 1.82) is 0 Å². The molecule has 2 aliphatic rings. The molecule has 2 heterocycles. The van der Waals surface area contributed by atoms with Gasteiger partial charge in [-0.05, 0) is 49.0 Å². The molecule has 0 radical (unpaired) electrons. The smallest absolute Gasteiger partial charge is 0.303 e. The molecule has 2 aromatic rings. The Kier molecular flexibility index (Phi) is 4.02. The van der Waals surface area contributed by atoms with Gasteiger partial charge >= 0.3 is 5.97 Å². The van der Waals surface area contributed by atoms with Crippen molar-refractivity contribution in [3.05, 3.63) is 56.9 Å². The summed E-state index contributed by atoms with van der Waals surface area (Å²) in [5.74, 6) is -1.19. The third kappa shape index (κ3) is 3.10. The summed E-state index contributed by atoms with van der Waals surface area (Å²) in [6.07, 6.45) is 4.32. The molecular formula is C19H17N3O5. The third-order valence-electron chi connectivity index (χ3n) is 5.09. The van der Waals surface area contributed by atoms with Gasteiger partial charge in [-0.25, -0.2) is 0 Å². The number of nitrogens with zero attached hydrogens (tertiary/aromatic N) is 1. The maximum Gasteiger partial charge on any atom is 0.303 e. The number of nitro benzene ring substituents is 1. The number of benzene rings is 1. The van der Waals surface area contributed by atoms with Crippen LogP contribution in [0.25, 0.3) is 11.6 Å². The lowest BCUT2D eigenvalue weighted by molar-refractivity contribution is -0.384. The second kappa shape index (κ2) is 6.39. The van der Waals surface area contributed by atoms with Gasteiger partial charge in [-0.1, -0.05) is 0 Å². The van der Waals surface area contributed by atoms with Crippen molar-refractivity contribution in [3.8, 4) is 0 Å². The number of carboxylic acid groups (broad SMARTS) is 1. The first-order valence-electron chi connectivity index (χ1n) is 8.68. The number of nitro groups is 1. The number of carbonyl (C=O) groups is 2. The first-order valence-corrected chi connectivity index (χ1v) is 8.68. The number of anilines is 1. The molecule has 0 spiro atoms. The standard InChI is InChI=1S/C19H17N3O5/c23-18(24)6-10-2-1-3-16-13(10)7-11(20-16)8-15-14-9-12(22(26)27)4-5-17(14)21-19(15)25/h4-5,7-10,20H,1-3,6H2,(H,21,25)(H,23,24). The summed E-state index contributed by atoms with van der Waals surface area (Å²) in [7, 11) is 0. The minimum atomic E-state index is -0.828. The van der Waals surface area contributed by atoms with E-state index >= 15 is 0 Å². The normalized spacial score (nSPS) is 19.5. The van der Waals surface area contributed by atoms with Gasteiger partial charge in [0.1, 0.15) is 0 Å². The molecule has 1 aromatic heterocycles. The van der Waals surface area contributed by atoms with Gasteiger partial charge in [0, 0.05) is 34.8 Å². The number of fused-ring (bicyclic) bond motifs is 2. The Morgan fingerprint density at radius 1 is 1.37 bits per heavy atom. The van der Waals surface area contributed by atoms with Crippen molar-refractivity contribution in [2.45, 2.75) is 31.6 Å². The number of amides is 1. The zero-order chi connectivity index (χ0) is 19.1. The molecule has 4 rings (SSSR count). The van der Waals surface area contributed by atoms with Gasteiger partial charge < -0.3 is 15.4 Å². The summed E-state index contributed by atoms with van der Waals surface area (Å²) in [4.78, 5) is 37.2. The van der Waals surface area contributed by atoms with E-state index in [1.54, 1.807) is 6.08 Å². The summed E-state index contributed by atoms with van der Waals surface area (Å²) in [6, 6.07) is 6.15.